The van der Waals surface area contributed by atoms with Gasteiger partial charge in [0.05, 0.1) is 13.2 Å². The van der Waals surface area contributed by atoms with Crippen molar-refractivity contribution in [2.75, 3.05) is 32.9 Å². The van der Waals surface area contributed by atoms with Crippen molar-refractivity contribution in [1.29, 1.82) is 0 Å². The number of esters is 2. The molecule has 0 bridgehead atoms. The number of carbonyl (C=O) groups excluding carboxylic acids is 11. The summed E-state index contributed by atoms with van der Waals surface area (Å²) >= 11 is 0. The number of imide groups is 4. The Kier molecular flexibility index (Phi) is 18.0. The van der Waals surface area contributed by atoms with E-state index < -0.39 is 35.6 Å². The van der Waals surface area contributed by atoms with Gasteiger partial charge in [-0.05, 0) is 171 Å². The molecule has 18 nitrogen and oxygen atoms in total. The van der Waals surface area contributed by atoms with Gasteiger partial charge >= 0.3 is 11.9 Å². The number of benzene rings is 10. The average Bonchev–Trinajstić information content (AvgIpc) is 0.701. The third kappa shape index (κ3) is 11.3. The number of ketones is 1. The molecule has 94 heavy (non-hydrogen) atoms. The molecule has 0 radical (unpaired) electrons. The van der Waals surface area contributed by atoms with E-state index >= 15 is 0 Å². The molecule has 0 spiro atoms. The molecule has 0 aromatic heterocycles. The summed E-state index contributed by atoms with van der Waals surface area (Å²) in [6, 6.07) is 29.2. The standard InChI is InChI=1S/C42H38N2O8.C24H10N2O4.C10H18O2/c1-3-33(45)51-23-11-7-5-9-21-43-39(47)29-17-13-25-27-15-19-31-38-32(42(50)44(41(31)49)22-10-6-8-12-24-52-34(46)4-2)20-16-28(36(27)38)26-14-18-30(40(43)48)37(29)35(25)26;27-21-13-5-1-9-10-2-6-15-20-16(24(30)26-23(15)29)8-4-12(18(10)20)11-3-7-14(22(28)25-21)19(13)17(9)11;1-2-10(12)8-6-4-3-5-7-9-11/h3-4,13-20H,1-2,5-12,21-24H2;1-8H,(H,25,27,28)(H,26,29,30);2,11H,1,3-9H2. The van der Waals surface area contributed by atoms with Crippen LogP contribution in [-0.2, 0) is 23.9 Å². The van der Waals surface area contributed by atoms with Crippen molar-refractivity contribution in [2.45, 2.75) is 89.9 Å². The number of allylic oxidation sites excluding steroid dienone is 1. The number of hydrogen-bond donors (Lipinski definition) is 3. The Morgan fingerprint density at radius 1 is 0.340 bits per heavy atom. The monoisotopic (exact) mass is 1260 g/mol. The number of fused-ring (bicyclic) bond motifs is 4. The van der Waals surface area contributed by atoms with Crippen molar-refractivity contribution in [3.63, 3.8) is 0 Å². The number of unbranched alkanes of at least 4 members (excludes halogenated alkanes) is 10. The molecule has 14 rings (SSSR count). The lowest BCUT2D eigenvalue weighted by Crippen LogP contribution is -2.41. The molecule has 0 unspecified atom stereocenters. The largest absolute Gasteiger partial charge is 0.463 e. The van der Waals surface area contributed by atoms with Gasteiger partial charge in [-0.3, -0.25) is 63.6 Å². The highest BCUT2D eigenvalue weighted by Gasteiger charge is 2.37. The molecule has 0 atom stereocenters. The number of nitrogens with one attached hydrogen (secondary N) is 2. The highest BCUT2D eigenvalue weighted by molar-refractivity contribution is 6.43. The Labute approximate surface area is 538 Å². The average molecular weight is 1260 g/mol. The topological polar surface area (TPSA) is 257 Å². The summed E-state index contributed by atoms with van der Waals surface area (Å²) in [6.45, 7) is 11.6. The molecule has 10 aromatic rings. The minimum absolute atomic E-state index is 0.136. The number of aliphatic hydroxyl groups is 1. The maximum absolute atomic E-state index is 13.8. The lowest BCUT2D eigenvalue weighted by atomic mass is 9.82. The first-order valence-electron chi connectivity index (χ1n) is 31.8. The van der Waals surface area contributed by atoms with Crippen molar-refractivity contribution in [1.82, 2.24) is 20.4 Å². The number of aliphatic hydroxyl groups excluding tert-OH is 1. The van der Waals surface area contributed by atoms with Gasteiger partial charge in [-0.15, -0.1) is 0 Å². The van der Waals surface area contributed by atoms with Gasteiger partial charge in [-0.1, -0.05) is 100 Å². The summed E-state index contributed by atoms with van der Waals surface area (Å²) in [5, 5.41) is 26.0. The van der Waals surface area contributed by atoms with Gasteiger partial charge in [-0.25, -0.2) is 9.59 Å². The van der Waals surface area contributed by atoms with Gasteiger partial charge in [0.15, 0.2) is 5.78 Å². The van der Waals surface area contributed by atoms with E-state index in [1.807, 2.05) is 48.5 Å². The third-order valence-electron chi connectivity index (χ3n) is 18.3. The van der Waals surface area contributed by atoms with Crippen LogP contribution in [0, 0.1) is 0 Å². The van der Waals surface area contributed by atoms with E-state index in [0.29, 0.717) is 111 Å². The molecular formula is C76H66N4O14. The van der Waals surface area contributed by atoms with E-state index in [2.05, 4.69) is 30.4 Å². The van der Waals surface area contributed by atoms with E-state index in [1.165, 1.54) is 15.9 Å². The molecule has 4 aliphatic heterocycles. The van der Waals surface area contributed by atoms with E-state index in [0.717, 1.165) is 135 Å². The van der Waals surface area contributed by atoms with Crippen molar-refractivity contribution >= 4 is 151 Å². The molecule has 474 valence electrons. The fraction of sp³-hybridized carbons (Fsp3) is 0.250. The molecule has 4 heterocycles. The van der Waals surface area contributed by atoms with Crippen LogP contribution >= 0.6 is 0 Å². The maximum atomic E-state index is 13.8. The maximum Gasteiger partial charge on any atom is 0.330 e. The van der Waals surface area contributed by atoms with Crippen LogP contribution in [-0.4, -0.2) is 113 Å². The van der Waals surface area contributed by atoms with E-state index in [1.54, 1.807) is 48.5 Å². The first kappa shape index (κ1) is 63.3. The molecule has 18 heteroatoms. The summed E-state index contributed by atoms with van der Waals surface area (Å²) in [7, 11) is 0. The minimum atomic E-state index is -0.452. The van der Waals surface area contributed by atoms with Crippen molar-refractivity contribution in [3.05, 3.63) is 180 Å². The lowest BCUT2D eigenvalue weighted by Gasteiger charge is -2.30. The number of ether oxygens (including phenoxy) is 2. The van der Waals surface area contributed by atoms with Crippen LogP contribution in [0.25, 0.3) is 86.2 Å². The summed E-state index contributed by atoms with van der Waals surface area (Å²) in [4.78, 5) is 141. The summed E-state index contributed by atoms with van der Waals surface area (Å²) in [5.41, 5.74) is 3.75. The van der Waals surface area contributed by atoms with Gasteiger partial charge < -0.3 is 14.6 Å². The van der Waals surface area contributed by atoms with E-state index in [-0.39, 0.29) is 49.1 Å². The van der Waals surface area contributed by atoms with Crippen molar-refractivity contribution < 1.29 is 67.3 Å². The van der Waals surface area contributed by atoms with Crippen LogP contribution in [0.4, 0.5) is 0 Å². The van der Waals surface area contributed by atoms with Gasteiger partial charge in [-0.2, -0.15) is 0 Å². The Morgan fingerprint density at radius 2 is 0.606 bits per heavy atom. The van der Waals surface area contributed by atoms with Gasteiger partial charge in [0.2, 0.25) is 0 Å². The Morgan fingerprint density at radius 3 is 0.904 bits per heavy atom. The second-order valence-electron chi connectivity index (χ2n) is 23.9. The Hall–Kier alpha value is -10.9. The van der Waals surface area contributed by atoms with E-state index in [4.69, 9.17) is 14.6 Å². The van der Waals surface area contributed by atoms with Gasteiger partial charge in [0.1, 0.15) is 0 Å². The molecule has 0 aliphatic carbocycles. The normalized spacial score (nSPS) is 13.9. The Bertz CT molecular complexity index is 4420. The number of carbonyl (C=O) groups is 11. The van der Waals surface area contributed by atoms with Crippen LogP contribution in [0.1, 0.15) is 173 Å². The van der Waals surface area contributed by atoms with Crippen LogP contribution in [0.2, 0.25) is 0 Å². The first-order valence-corrected chi connectivity index (χ1v) is 31.8. The van der Waals surface area contributed by atoms with Crippen molar-refractivity contribution in [3.8, 4) is 0 Å². The fourth-order valence-corrected chi connectivity index (χ4v) is 13.9. The smallest absolute Gasteiger partial charge is 0.330 e. The Balaban J connectivity index is 0.000000168. The zero-order valence-corrected chi connectivity index (χ0v) is 51.7. The zero-order chi connectivity index (χ0) is 66.1. The minimum Gasteiger partial charge on any atom is -0.463 e. The van der Waals surface area contributed by atoms with Gasteiger partial charge in [0, 0.05) is 104 Å². The predicted molar refractivity (Wildman–Crippen MR) is 359 cm³/mol. The fourth-order valence-electron chi connectivity index (χ4n) is 13.9. The van der Waals surface area contributed by atoms with Gasteiger partial charge in [0.25, 0.3) is 47.3 Å². The molecule has 0 saturated heterocycles. The molecule has 8 amide bonds. The number of nitrogens with zero attached hydrogens (tertiary/aromatic N) is 2. The molecule has 0 saturated carbocycles. The zero-order valence-electron chi connectivity index (χ0n) is 51.7. The molecule has 0 fully saturated rings. The van der Waals surface area contributed by atoms with Crippen molar-refractivity contribution in [2.24, 2.45) is 0 Å². The summed E-state index contributed by atoms with van der Waals surface area (Å²) in [6.07, 6.45) is 15.1. The predicted octanol–water partition coefficient (Wildman–Crippen LogP) is 13.1. The summed E-state index contributed by atoms with van der Waals surface area (Å²) < 4.78 is 10.0. The van der Waals surface area contributed by atoms with E-state index in [9.17, 15) is 52.7 Å². The molecular weight excluding hydrogens is 1190 g/mol. The third-order valence-corrected chi connectivity index (χ3v) is 18.3. The highest BCUT2D eigenvalue weighted by atomic mass is 16.5. The quantitative estimate of drug-likeness (QED) is 0.0127. The van der Waals surface area contributed by atoms with Crippen LogP contribution in [0.5, 0.6) is 0 Å². The summed E-state index contributed by atoms with van der Waals surface area (Å²) in [5.74, 6) is -3.72. The number of hydrogen-bond acceptors (Lipinski definition) is 14. The molecule has 3 N–H and O–H groups in total. The number of amides is 8. The lowest BCUT2D eigenvalue weighted by molar-refractivity contribution is -0.138. The molecule has 10 aromatic carbocycles. The second-order valence-corrected chi connectivity index (χ2v) is 23.9. The number of rotatable bonds is 24. The molecule has 4 aliphatic rings. The van der Waals surface area contributed by atoms with Crippen LogP contribution in [0.3, 0.4) is 0 Å². The second kappa shape index (κ2) is 26.8. The van der Waals surface area contributed by atoms with Crippen LogP contribution < -0.4 is 10.6 Å². The van der Waals surface area contributed by atoms with Crippen LogP contribution in [0.15, 0.2) is 135 Å². The SMILES string of the molecule is C=CC(=O)CCCCCCCO.C=CC(=O)OCCCCCCN1C(=O)c2ccc3c4ccc5c6c(ccc(c7ccc(c2c37)C1=O)c64)C(=O)N(CCCCCCOC(=O)C=C)C5=O.O=C1NC(=O)c2ccc3c4ccc5c6c(ccc(c7ccc1c2c73)c64)C(=O)NC5=O. The highest BCUT2D eigenvalue weighted by Crippen LogP contribution is 2.48. The first-order chi connectivity index (χ1) is 45.6.